The standard InChI is InChI=1S/C13H16BrNO5S/c14-10-7-9(12(16)17)3-4-11(10)21(19,20)15-8-13(18)5-1-2-6-13/h3-4,7,15,18H,1-2,5-6,8H2,(H,16,17). The Morgan fingerprint density at radius 2 is 1.95 bits per heavy atom. The van der Waals surface area contributed by atoms with E-state index in [4.69, 9.17) is 5.11 Å². The van der Waals surface area contributed by atoms with E-state index in [-0.39, 0.29) is 21.5 Å². The zero-order valence-electron chi connectivity index (χ0n) is 11.2. The van der Waals surface area contributed by atoms with Crippen LogP contribution in [0.3, 0.4) is 0 Å². The van der Waals surface area contributed by atoms with Crippen molar-refractivity contribution in [3.05, 3.63) is 28.2 Å². The van der Waals surface area contributed by atoms with E-state index in [0.29, 0.717) is 12.8 Å². The highest BCUT2D eigenvalue weighted by atomic mass is 79.9. The molecule has 0 amide bonds. The summed E-state index contributed by atoms with van der Waals surface area (Å²) in [6.45, 7) is -0.0392. The number of carboxylic acid groups (broad SMARTS) is 1. The minimum Gasteiger partial charge on any atom is -0.478 e. The van der Waals surface area contributed by atoms with Crippen molar-refractivity contribution in [2.45, 2.75) is 36.2 Å². The van der Waals surface area contributed by atoms with Crippen molar-refractivity contribution in [2.75, 3.05) is 6.54 Å². The highest BCUT2D eigenvalue weighted by Gasteiger charge is 2.33. The molecule has 1 aromatic carbocycles. The van der Waals surface area contributed by atoms with E-state index in [9.17, 15) is 18.3 Å². The molecule has 6 nitrogen and oxygen atoms in total. The fraction of sp³-hybridized carbons (Fsp3) is 0.462. The van der Waals surface area contributed by atoms with Crippen molar-refractivity contribution in [3.63, 3.8) is 0 Å². The number of sulfonamides is 1. The summed E-state index contributed by atoms with van der Waals surface area (Å²) >= 11 is 3.07. The molecule has 0 saturated heterocycles. The SMILES string of the molecule is O=C(O)c1ccc(S(=O)(=O)NCC2(O)CCCC2)c(Br)c1. The maximum atomic E-state index is 12.2. The number of carbonyl (C=O) groups is 1. The maximum absolute atomic E-state index is 12.2. The van der Waals surface area contributed by atoms with Crippen molar-refractivity contribution in [3.8, 4) is 0 Å². The fourth-order valence-corrected chi connectivity index (χ4v) is 4.56. The molecule has 0 heterocycles. The number of aliphatic hydroxyl groups is 1. The van der Waals surface area contributed by atoms with Crippen LogP contribution in [0.15, 0.2) is 27.6 Å². The Morgan fingerprint density at radius 3 is 2.48 bits per heavy atom. The number of hydrogen-bond donors (Lipinski definition) is 3. The Morgan fingerprint density at radius 1 is 1.33 bits per heavy atom. The van der Waals surface area contributed by atoms with Crippen LogP contribution in [0.2, 0.25) is 0 Å². The average Bonchev–Trinajstić information content (AvgIpc) is 2.84. The van der Waals surface area contributed by atoms with Gasteiger partial charge < -0.3 is 10.2 Å². The highest BCUT2D eigenvalue weighted by Crippen LogP contribution is 2.29. The minimum atomic E-state index is -3.81. The second-order valence-corrected chi connectivity index (χ2v) is 7.80. The molecule has 0 spiro atoms. The molecule has 0 radical (unpaired) electrons. The van der Waals surface area contributed by atoms with E-state index < -0.39 is 21.6 Å². The molecule has 0 aliphatic heterocycles. The molecule has 1 aliphatic carbocycles. The van der Waals surface area contributed by atoms with Crippen LogP contribution in [-0.2, 0) is 10.0 Å². The average molecular weight is 378 g/mol. The van der Waals surface area contributed by atoms with Crippen LogP contribution in [0.4, 0.5) is 0 Å². The van der Waals surface area contributed by atoms with E-state index in [1.165, 1.54) is 18.2 Å². The van der Waals surface area contributed by atoms with Gasteiger partial charge in [0, 0.05) is 11.0 Å². The van der Waals surface area contributed by atoms with Crippen LogP contribution in [-0.4, -0.2) is 36.7 Å². The first-order chi connectivity index (χ1) is 9.73. The van der Waals surface area contributed by atoms with Crippen LogP contribution in [0.5, 0.6) is 0 Å². The molecule has 0 unspecified atom stereocenters. The zero-order valence-corrected chi connectivity index (χ0v) is 13.6. The van der Waals surface area contributed by atoms with Gasteiger partial charge >= 0.3 is 5.97 Å². The minimum absolute atomic E-state index is 0.00440. The van der Waals surface area contributed by atoms with Crippen LogP contribution < -0.4 is 4.72 Å². The van der Waals surface area contributed by atoms with E-state index in [1.807, 2.05) is 0 Å². The van der Waals surface area contributed by atoms with Crippen LogP contribution in [0, 0.1) is 0 Å². The predicted molar refractivity (Wildman–Crippen MR) is 79.7 cm³/mol. The van der Waals surface area contributed by atoms with Crippen molar-refractivity contribution >= 4 is 31.9 Å². The summed E-state index contributed by atoms with van der Waals surface area (Å²) in [6.07, 6.45) is 2.92. The van der Waals surface area contributed by atoms with Crippen molar-refractivity contribution in [1.82, 2.24) is 4.72 Å². The topological polar surface area (TPSA) is 104 Å². The van der Waals surface area contributed by atoms with Gasteiger partial charge in [0.2, 0.25) is 10.0 Å². The van der Waals surface area contributed by atoms with Gasteiger partial charge in [-0.2, -0.15) is 0 Å². The molecule has 21 heavy (non-hydrogen) atoms. The van der Waals surface area contributed by atoms with Gasteiger partial charge in [-0.15, -0.1) is 0 Å². The number of rotatable bonds is 5. The van der Waals surface area contributed by atoms with Crippen molar-refractivity contribution in [1.29, 1.82) is 0 Å². The third kappa shape index (κ3) is 3.82. The molecule has 3 N–H and O–H groups in total. The predicted octanol–water partition coefficient (Wildman–Crippen LogP) is 1.73. The number of halogens is 1. The summed E-state index contributed by atoms with van der Waals surface area (Å²) in [5.74, 6) is -1.13. The number of carboxylic acids is 1. The third-order valence-corrected chi connectivity index (χ3v) is 5.97. The summed E-state index contributed by atoms with van der Waals surface area (Å²) < 4.78 is 27.0. The largest absolute Gasteiger partial charge is 0.478 e. The van der Waals surface area contributed by atoms with Gasteiger partial charge in [0.25, 0.3) is 0 Å². The maximum Gasteiger partial charge on any atom is 0.335 e. The van der Waals surface area contributed by atoms with Gasteiger partial charge in [-0.25, -0.2) is 17.9 Å². The normalized spacial score (nSPS) is 17.8. The second kappa shape index (κ2) is 6.04. The molecule has 0 aromatic heterocycles. The fourth-order valence-electron chi connectivity index (χ4n) is 2.37. The first-order valence-corrected chi connectivity index (χ1v) is 8.76. The molecule has 116 valence electrons. The lowest BCUT2D eigenvalue weighted by atomic mass is 10.0. The lowest BCUT2D eigenvalue weighted by Crippen LogP contribution is -2.40. The Labute approximate surface area is 131 Å². The molecule has 0 bridgehead atoms. The zero-order chi connectivity index (χ0) is 15.7. The molecular weight excluding hydrogens is 362 g/mol. The molecule has 1 saturated carbocycles. The van der Waals surface area contributed by atoms with Gasteiger partial charge in [0.1, 0.15) is 0 Å². The Hall–Kier alpha value is -0.960. The smallest absolute Gasteiger partial charge is 0.335 e. The molecular formula is C13H16BrNO5S. The Balaban J connectivity index is 2.17. The first-order valence-electron chi connectivity index (χ1n) is 6.48. The number of aromatic carboxylic acids is 1. The van der Waals surface area contributed by atoms with Gasteiger partial charge in [-0.1, -0.05) is 12.8 Å². The number of benzene rings is 1. The lowest BCUT2D eigenvalue weighted by Gasteiger charge is -2.22. The Bertz CT molecular complexity index is 653. The van der Waals surface area contributed by atoms with E-state index in [0.717, 1.165) is 12.8 Å². The third-order valence-electron chi connectivity index (χ3n) is 3.59. The quantitative estimate of drug-likeness (QED) is 0.724. The molecule has 2 rings (SSSR count). The van der Waals surface area contributed by atoms with E-state index in [2.05, 4.69) is 20.7 Å². The second-order valence-electron chi connectivity index (χ2n) is 5.21. The molecule has 1 fully saturated rings. The Kier molecular flexibility index (Phi) is 4.72. The molecule has 1 aromatic rings. The molecule has 1 aliphatic rings. The van der Waals surface area contributed by atoms with E-state index in [1.54, 1.807) is 0 Å². The summed E-state index contributed by atoms with van der Waals surface area (Å²) in [6, 6.07) is 3.70. The summed E-state index contributed by atoms with van der Waals surface area (Å²) in [5.41, 5.74) is -0.990. The number of hydrogen-bond acceptors (Lipinski definition) is 4. The summed E-state index contributed by atoms with van der Waals surface area (Å²) in [4.78, 5) is 10.8. The molecule has 0 atom stereocenters. The van der Waals surface area contributed by atoms with Crippen LogP contribution in [0.25, 0.3) is 0 Å². The van der Waals surface area contributed by atoms with Gasteiger partial charge in [-0.3, -0.25) is 0 Å². The van der Waals surface area contributed by atoms with Crippen molar-refractivity contribution < 1.29 is 23.4 Å². The molecule has 8 heteroatoms. The summed E-state index contributed by atoms with van der Waals surface area (Å²) in [5, 5.41) is 19.0. The van der Waals surface area contributed by atoms with Gasteiger partial charge in [-0.05, 0) is 47.0 Å². The monoisotopic (exact) mass is 377 g/mol. The van der Waals surface area contributed by atoms with Crippen LogP contribution in [0.1, 0.15) is 36.0 Å². The summed E-state index contributed by atoms with van der Waals surface area (Å²) in [7, 11) is -3.81. The van der Waals surface area contributed by atoms with Gasteiger partial charge in [0.05, 0.1) is 16.1 Å². The first kappa shape index (κ1) is 16.4. The van der Waals surface area contributed by atoms with Crippen molar-refractivity contribution in [2.24, 2.45) is 0 Å². The lowest BCUT2D eigenvalue weighted by molar-refractivity contribution is 0.0531. The number of nitrogens with one attached hydrogen (secondary N) is 1. The highest BCUT2D eigenvalue weighted by molar-refractivity contribution is 9.10. The van der Waals surface area contributed by atoms with Gasteiger partial charge in [0.15, 0.2) is 0 Å². The van der Waals surface area contributed by atoms with Crippen LogP contribution >= 0.6 is 15.9 Å². The van der Waals surface area contributed by atoms with E-state index >= 15 is 0 Å².